The third-order valence-electron chi connectivity index (χ3n) is 3.82. The van der Waals surface area contributed by atoms with Gasteiger partial charge in [0, 0.05) is 38.1 Å². The largest absolute Gasteiger partial charge is 0.340 e. The quantitative estimate of drug-likeness (QED) is 0.807. The van der Waals surface area contributed by atoms with Crippen LogP contribution in [0.2, 0.25) is 0 Å². The van der Waals surface area contributed by atoms with E-state index in [-0.39, 0.29) is 18.3 Å². The number of hydrogen-bond acceptors (Lipinski definition) is 5. The molecule has 1 heterocycles. The summed E-state index contributed by atoms with van der Waals surface area (Å²) in [6.45, 7) is 2.15. The van der Waals surface area contributed by atoms with Crippen molar-refractivity contribution in [2.45, 2.75) is 6.42 Å². The molecule has 0 aliphatic carbocycles. The van der Waals surface area contributed by atoms with Crippen molar-refractivity contribution in [3.05, 3.63) is 30.1 Å². The first-order valence-electron chi connectivity index (χ1n) is 7.96. The molecule has 0 spiro atoms. The van der Waals surface area contributed by atoms with Crippen molar-refractivity contribution in [3.8, 4) is 0 Å². The predicted octanol–water partition coefficient (Wildman–Crippen LogP) is 0.343. The summed E-state index contributed by atoms with van der Waals surface area (Å²) < 4.78 is 35.3. The van der Waals surface area contributed by atoms with Gasteiger partial charge in [0.15, 0.2) is 9.84 Å². The minimum atomic E-state index is -3.35. The van der Waals surface area contributed by atoms with E-state index in [4.69, 9.17) is 0 Å². The molecule has 2 rings (SSSR count). The second-order valence-electron chi connectivity index (χ2n) is 6.14. The average molecular weight is 371 g/mol. The van der Waals surface area contributed by atoms with Crippen molar-refractivity contribution < 1.29 is 22.4 Å². The molecular formula is C16H22FN3O4S. The van der Waals surface area contributed by atoms with Gasteiger partial charge >= 0.3 is 0 Å². The van der Waals surface area contributed by atoms with Crippen LogP contribution in [-0.2, 0) is 19.4 Å². The number of anilines is 1. The molecule has 1 aromatic carbocycles. The van der Waals surface area contributed by atoms with Crippen LogP contribution in [0.15, 0.2) is 24.3 Å². The predicted molar refractivity (Wildman–Crippen MR) is 92.4 cm³/mol. The Kier molecular flexibility index (Phi) is 6.49. The van der Waals surface area contributed by atoms with Crippen LogP contribution >= 0.6 is 0 Å². The summed E-state index contributed by atoms with van der Waals surface area (Å²) >= 11 is 0. The van der Waals surface area contributed by atoms with Crippen molar-refractivity contribution in [2.24, 2.45) is 0 Å². The zero-order valence-electron chi connectivity index (χ0n) is 14.1. The molecule has 0 unspecified atom stereocenters. The Bertz CT molecular complexity index is 721. The van der Waals surface area contributed by atoms with Gasteiger partial charge in [0.25, 0.3) is 0 Å². The fourth-order valence-corrected chi connectivity index (χ4v) is 3.26. The summed E-state index contributed by atoms with van der Waals surface area (Å²) in [7, 11) is -3.35. The van der Waals surface area contributed by atoms with Crippen molar-refractivity contribution in [3.63, 3.8) is 0 Å². The third-order valence-corrected chi connectivity index (χ3v) is 4.59. The summed E-state index contributed by atoms with van der Waals surface area (Å²) in [5, 5.41) is 2.69. The van der Waals surface area contributed by atoms with Crippen LogP contribution in [0.4, 0.5) is 10.1 Å². The van der Waals surface area contributed by atoms with Gasteiger partial charge in [-0.25, -0.2) is 12.8 Å². The van der Waals surface area contributed by atoms with Crippen LogP contribution < -0.4 is 5.32 Å². The molecule has 1 saturated heterocycles. The summed E-state index contributed by atoms with van der Waals surface area (Å²) in [6, 6.07) is 5.52. The van der Waals surface area contributed by atoms with Crippen LogP contribution in [0, 0.1) is 5.82 Å². The topological polar surface area (TPSA) is 86.8 Å². The monoisotopic (exact) mass is 371 g/mol. The number of carbonyl (C=O) groups is 2. The minimum Gasteiger partial charge on any atom is -0.340 e. The van der Waals surface area contributed by atoms with E-state index in [0.29, 0.717) is 38.3 Å². The van der Waals surface area contributed by atoms with Gasteiger partial charge < -0.3 is 10.2 Å². The fraction of sp³-hybridized carbons (Fsp3) is 0.500. The normalized spacial score (nSPS) is 16.3. The number of sulfone groups is 1. The van der Waals surface area contributed by atoms with Crippen LogP contribution in [0.25, 0.3) is 0 Å². The number of hydrogen-bond donors (Lipinski definition) is 1. The molecule has 9 heteroatoms. The second-order valence-corrected chi connectivity index (χ2v) is 8.28. The zero-order valence-corrected chi connectivity index (χ0v) is 14.9. The summed E-state index contributed by atoms with van der Waals surface area (Å²) in [6.07, 6.45) is 1.70. The molecule has 25 heavy (non-hydrogen) atoms. The number of amides is 2. The van der Waals surface area contributed by atoms with Crippen LogP contribution in [0.5, 0.6) is 0 Å². The van der Waals surface area contributed by atoms with E-state index in [9.17, 15) is 22.4 Å². The molecule has 138 valence electrons. The van der Waals surface area contributed by atoms with Gasteiger partial charge in [-0.3, -0.25) is 14.5 Å². The van der Waals surface area contributed by atoms with Crippen molar-refractivity contribution in [2.75, 3.05) is 50.0 Å². The maximum Gasteiger partial charge on any atom is 0.238 e. The summed E-state index contributed by atoms with van der Waals surface area (Å²) in [4.78, 5) is 27.5. The van der Waals surface area contributed by atoms with Crippen LogP contribution in [-0.4, -0.2) is 74.8 Å². The molecule has 1 aliphatic rings. The highest BCUT2D eigenvalue weighted by Gasteiger charge is 2.22. The van der Waals surface area contributed by atoms with Gasteiger partial charge in [0.05, 0.1) is 6.54 Å². The molecule has 7 nitrogen and oxygen atoms in total. The van der Waals surface area contributed by atoms with E-state index < -0.39 is 21.5 Å². The number of benzene rings is 1. The Morgan fingerprint density at radius 3 is 2.44 bits per heavy atom. The molecule has 1 aliphatic heterocycles. The minimum absolute atomic E-state index is 0.158. The standard InChI is InChI=1S/C16H22FN3O4S/c1-25(23,24)12-16(22)20-8-2-7-19(9-10-20)11-15(21)18-14-5-3-13(17)4-6-14/h3-6H,2,7-12H2,1H3,(H,18,21). The number of halogens is 1. The van der Waals surface area contributed by atoms with Crippen molar-refractivity contribution >= 4 is 27.3 Å². The second kappa shape index (κ2) is 8.39. The maximum atomic E-state index is 12.9. The van der Waals surface area contributed by atoms with Gasteiger partial charge in [-0.05, 0) is 30.7 Å². The highest BCUT2D eigenvalue weighted by molar-refractivity contribution is 7.91. The van der Waals surface area contributed by atoms with Gasteiger partial charge in [0.1, 0.15) is 11.6 Å². The van der Waals surface area contributed by atoms with E-state index in [0.717, 1.165) is 6.26 Å². The van der Waals surface area contributed by atoms with Crippen LogP contribution in [0.1, 0.15) is 6.42 Å². The molecule has 0 bridgehead atoms. The smallest absolute Gasteiger partial charge is 0.238 e. The van der Waals surface area contributed by atoms with Gasteiger partial charge in [-0.15, -0.1) is 0 Å². The number of nitrogens with zero attached hydrogens (tertiary/aromatic N) is 2. The highest BCUT2D eigenvalue weighted by atomic mass is 32.2. The average Bonchev–Trinajstić information content (AvgIpc) is 2.73. The molecule has 0 saturated carbocycles. The van der Waals surface area contributed by atoms with E-state index in [1.165, 1.54) is 29.2 Å². The Morgan fingerprint density at radius 2 is 1.80 bits per heavy atom. The number of rotatable bonds is 5. The van der Waals surface area contributed by atoms with E-state index >= 15 is 0 Å². The Morgan fingerprint density at radius 1 is 1.12 bits per heavy atom. The van der Waals surface area contributed by atoms with E-state index in [1.807, 2.05) is 4.90 Å². The maximum absolute atomic E-state index is 12.9. The first-order chi connectivity index (χ1) is 11.7. The molecular weight excluding hydrogens is 349 g/mol. The Balaban J connectivity index is 1.83. The fourth-order valence-electron chi connectivity index (χ4n) is 2.63. The van der Waals surface area contributed by atoms with E-state index in [2.05, 4.69) is 5.32 Å². The van der Waals surface area contributed by atoms with Crippen molar-refractivity contribution in [1.82, 2.24) is 9.80 Å². The molecule has 1 aromatic rings. The lowest BCUT2D eigenvalue weighted by Crippen LogP contribution is -2.39. The molecule has 1 fully saturated rings. The van der Waals surface area contributed by atoms with Gasteiger partial charge in [-0.1, -0.05) is 0 Å². The molecule has 0 aromatic heterocycles. The lowest BCUT2D eigenvalue weighted by molar-refractivity contribution is -0.128. The van der Waals surface area contributed by atoms with Crippen LogP contribution in [0.3, 0.4) is 0 Å². The van der Waals surface area contributed by atoms with Crippen molar-refractivity contribution in [1.29, 1.82) is 0 Å². The SMILES string of the molecule is CS(=O)(=O)CC(=O)N1CCCN(CC(=O)Nc2ccc(F)cc2)CC1. The lowest BCUT2D eigenvalue weighted by Gasteiger charge is -2.21. The summed E-state index contributed by atoms with van der Waals surface area (Å²) in [5.74, 6) is -1.48. The third kappa shape index (κ3) is 6.79. The molecule has 2 amide bonds. The molecule has 1 N–H and O–H groups in total. The molecule has 0 atom stereocenters. The highest BCUT2D eigenvalue weighted by Crippen LogP contribution is 2.09. The number of carbonyl (C=O) groups excluding carboxylic acids is 2. The first-order valence-corrected chi connectivity index (χ1v) is 10.0. The zero-order chi connectivity index (χ0) is 18.4. The number of nitrogens with one attached hydrogen (secondary N) is 1. The Hall–Kier alpha value is -2.00. The lowest BCUT2D eigenvalue weighted by atomic mass is 10.3. The molecule has 0 radical (unpaired) electrons. The van der Waals surface area contributed by atoms with E-state index in [1.54, 1.807) is 0 Å². The summed E-state index contributed by atoms with van der Waals surface area (Å²) in [5.41, 5.74) is 0.520. The van der Waals surface area contributed by atoms with Gasteiger partial charge in [-0.2, -0.15) is 0 Å². The van der Waals surface area contributed by atoms with Gasteiger partial charge in [0.2, 0.25) is 11.8 Å². The Labute approximate surface area is 146 Å². The first kappa shape index (κ1) is 19.3.